The second kappa shape index (κ2) is 21.9. The van der Waals surface area contributed by atoms with E-state index in [1.54, 1.807) is 49.0 Å². The Morgan fingerprint density at radius 1 is 0.846 bits per heavy atom. The Bertz CT molecular complexity index is 1750. The van der Waals surface area contributed by atoms with Crippen LogP contribution in [0.3, 0.4) is 0 Å². The first-order chi connectivity index (χ1) is 30.5. The smallest absolute Gasteiger partial charge is 0.320 e. The van der Waals surface area contributed by atoms with Gasteiger partial charge in [-0.25, -0.2) is 0 Å². The standard InChI is InChI=1S/C49H79NO14S/c1-17-35-49(10)37(41(45(54)64-49)65-25-32-18-20-33(55-13)21-19-32)28(4)39(51)26(2)23-48(9,58-16)43(63-46-38(50(11)12)34(56-14)22-27(3)59-46)29(5)40(30(6)44(53)61-35)62-36-24-47(8,57-15)42(52)31(7)60-36/h18-21,26-31,34-38,40-43,46,52H,17,22-25H2,1-16H3/t26-,27-,28-,29+,30-,31+,34-,35-,36+,37+,38+,40+,41?,42+,43-,46+,47-,48-,49-/m1/s1. The number of cyclic esters (lactones) is 1. The highest BCUT2D eigenvalue weighted by atomic mass is 32.2. The maximum atomic E-state index is 15.1. The Hall–Kier alpha value is -2.38. The fraction of sp³-hybridized carbons (Fsp3) is 0.816. The van der Waals surface area contributed by atoms with Crippen LogP contribution < -0.4 is 4.74 Å². The molecule has 16 heteroatoms. The van der Waals surface area contributed by atoms with Crippen LogP contribution in [0, 0.1) is 29.6 Å². The van der Waals surface area contributed by atoms with Gasteiger partial charge in [0.1, 0.15) is 29.0 Å². The molecule has 0 aromatic heterocycles. The molecule has 4 heterocycles. The minimum atomic E-state index is -1.36. The second-order valence-corrected chi connectivity index (χ2v) is 21.0. The molecule has 0 radical (unpaired) electrons. The molecule has 4 aliphatic heterocycles. The van der Waals surface area contributed by atoms with Crippen molar-refractivity contribution < 1.29 is 66.9 Å². The molecular weight excluding hydrogens is 859 g/mol. The molecular formula is C49H79NO14S. The molecule has 4 fully saturated rings. The van der Waals surface area contributed by atoms with Gasteiger partial charge in [0, 0.05) is 63.6 Å². The minimum Gasteiger partial charge on any atom is -0.497 e. The molecule has 0 spiro atoms. The van der Waals surface area contributed by atoms with E-state index in [1.807, 2.05) is 84.8 Å². The first kappa shape index (κ1) is 53.6. The number of hydrogen-bond acceptors (Lipinski definition) is 16. The number of ether oxygens (including phenoxy) is 10. The molecule has 370 valence electrons. The maximum absolute atomic E-state index is 15.1. The van der Waals surface area contributed by atoms with Crippen molar-refractivity contribution in [1.82, 2.24) is 4.90 Å². The van der Waals surface area contributed by atoms with E-state index in [0.717, 1.165) is 11.3 Å². The number of rotatable bonds is 13. The van der Waals surface area contributed by atoms with Gasteiger partial charge in [-0.3, -0.25) is 19.3 Å². The van der Waals surface area contributed by atoms with Crippen molar-refractivity contribution in [3.05, 3.63) is 29.8 Å². The van der Waals surface area contributed by atoms with E-state index in [0.29, 0.717) is 18.6 Å². The zero-order chi connectivity index (χ0) is 48.3. The van der Waals surface area contributed by atoms with Gasteiger partial charge in [-0.1, -0.05) is 39.8 Å². The molecule has 0 aliphatic carbocycles. The van der Waals surface area contributed by atoms with Crippen LogP contribution in [0.5, 0.6) is 5.75 Å². The van der Waals surface area contributed by atoms with Crippen molar-refractivity contribution in [3.63, 3.8) is 0 Å². The van der Waals surface area contributed by atoms with Gasteiger partial charge in [0.15, 0.2) is 18.2 Å². The van der Waals surface area contributed by atoms with Crippen LogP contribution in [0.2, 0.25) is 0 Å². The molecule has 0 saturated carbocycles. The third-order valence-corrected chi connectivity index (χ3v) is 16.4. The zero-order valence-corrected chi connectivity index (χ0v) is 42.5. The summed E-state index contributed by atoms with van der Waals surface area (Å²) < 4.78 is 63.8. The number of nitrogens with zero attached hydrogens (tertiary/aromatic N) is 1. The van der Waals surface area contributed by atoms with Gasteiger partial charge in [-0.2, -0.15) is 0 Å². The van der Waals surface area contributed by atoms with Gasteiger partial charge in [0.2, 0.25) is 0 Å². The third kappa shape index (κ3) is 11.2. The highest BCUT2D eigenvalue weighted by molar-refractivity contribution is 7.99. The van der Waals surface area contributed by atoms with Gasteiger partial charge in [0.05, 0.1) is 60.8 Å². The van der Waals surface area contributed by atoms with E-state index >= 15 is 4.79 Å². The lowest BCUT2D eigenvalue weighted by Gasteiger charge is -2.50. The third-order valence-electron chi connectivity index (χ3n) is 15.1. The Labute approximate surface area is 391 Å². The Kier molecular flexibility index (Phi) is 18.1. The number of hydrogen-bond donors (Lipinski definition) is 1. The lowest BCUT2D eigenvalue weighted by Crippen LogP contribution is -2.62. The lowest BCUT2D eigenvalue weighted by molar-refractivity contribution is -0.316. The van der Waals surface area contributed by atoms with Gasteiger partial charge in [0.25, 0.3) is 0 Å². The van der Waals surface area contributed by atoms with Crippen molar-refractivity contribution in [3.8, 4) is 5.75 Å². The van der Waals surface area contributed by atoms with Crippen molar-refractivity contribution in [2.24, 2.45) is 29.6 Å². The minimum absolute atomic E-state index is 0.0844. The molecule has 0 amide bonds. The predicted molar refractivity (Wildman–Crippen MR) is 245 cm³/mol. The van der Waals surface area contributed by atoms with E-state index in [1.165, 1.54) is 18.9 Å². The van der Waals surface area contributed by atoms with Crippen LogP contribution in [0.1, 0.15) is 100 Å². The van der Waals surface area contributed by atoms with Crippen LogP contribution in [0.25, 0.3) is 0 Å². The maximum Gasteiger partial charge on any atom is 0.320 e. The van der Waals surface area contributed by atoms with E-state index in [-0.39, 0.29) is 36.9 Å². The summed E-state index contributed by atoms with van der Waals surface area (Å²) in [6, 6.07) is 7.30. The number of benzene rings is 1. The molecule has 1 N–H and O–H groups in total. The summed E-state index contributed by atoms with van der Waals surface area (Å²) in [5, 5.41) is 10.4. The van der Waals surface area contributed by atoms with E-state index in [9.17, 15) is 14.7 Å². The van der Waals surface area contributed by atoms with Crippen molar-refractivity contribution in [2.45, 2.75) is 184 Å². The topological polar surface area (TPSA) is 167 Å². The zero-order valence-electron chi connectivity index (χ0n) is 41.7. The number of ketones is 1. The summed E-state index contributed by atoms with van der Waals surface area (Å²) in [6.45, 7) is 18.6. The first-order valence-corrected chi connectivity index (χ1v) is 24.4. The van der Waals surface area contributed by atoms with Gasteiger partial charge in [-0.05, 0) is 86.2 Å². The molecule has 5 rings (SSSR count). The Morgan fingerprint density at radius 3 is 2.06 bits per heavy atom. The molecule has 19 atom stereocenters. The number of aliphatic hydroxyl groups is 1. The number of likely N-dealkylation sites (N-methyl/N-ethyl adjacent to an activating group) is 1. The number of Topliss-reactive ketones (excluding diaryl/α,β-unsaturated/α-hetero) is 1. The van der Waals surface area contributed by atoms with Gasteiger partial charge < -0.3 is 52.5 Å². The van der Waals surface area contributed by atoms with Crippen LogP contribution >= 0.6 is 11.8 Å². The largest absolute Gasteiger partial charge is 0.497 e. The molecule has 1 aromatic rings. The average Bonchev–Trinajstić information content (AvgIpc) is 3.54. The number of carbonyl (C=O) groups is 3. The summed E-state index contributed by atoms with van der Waals surface area (Å²) in [4.78, 5) is 46.3. The van der Waals surface area contributed by atoms with Crippen LogP contribution in [-0.4, -0.2) is 154 Å². The number of carbonyl (C=O) groups excluding carboxylic acids is 3. The number of methoxy groups -OCH3 is 4. The van der Waals surface area contributed by atoms with E-state index in [4.69, 9.17) is 47.4 Å². The lowest BCUT2D eigenvalue weighted by atomic mass is 9.70. The number of thioether (sulfide) groups is 1. The average molecular weight is 938 g/mol. The molecule has 0 bridgehead atoms. The van der Waals surface area contributed by atoms with Crippen LogP contribution in [-0.2, 0) is 62.8 Å². The van der Waals surface area contributed by atoms with Crippen LogP contribution in [0.4, 0.5) is 0 Å². The summed E-state index contributed by atoms with van der Waals surface area (Å²) >= 11 is 1.42. The molecule has 1 unspecified atom stereocenters. The second-order valence-electron chi connectivity index (χ2n) is 19.9. The SMILES string of the molecule is CC[C@H]1OC(=O)[C@H](C)[C@@H](O[C@H]2C[C@@](C)(OC)[C@@H](O)[C@H](C)O2)[C@H](C)[C@@H](O[C@@H]2O[C@H](C)C[C@@H](OC)[C@@H]2N(C)C)[C@](C)(OC)C[C@@H](C)C(=O)[C@H](C)[C@H]2C(SCc3ccc(OC)cc3)C(=O)O[C@@]21C. The van der Waals surface area contributed by atoms with Crippen molar-refractivity contribution in [1.29, 1.82) is 0 Å². The first-order valence-electron chi connectivity index (χ1n) is 23.3. The summed E-state index contributed by atoms with van der Waals surface area (Å²) in [5.74, 6) is -3.52. The number of aliphatic hydroxyl groups excluding tert-OH is 1. The summed E-state index contributed by atoms with van der Waals surface area (Å²) in [6.07, 6.45) is -5.23. The fourth-order valence-corrected chi connectivity index (χ4v) is 12.5. The van der Waals surface area contributed by atoms with E-state index < -0.39 is 107 Å². The Morgan fingerprint density at radius 2 is 1.49 bits per heavy atom. The van der Waals surface area contributed by atoms with Crippen LogP contribution in [0.15, 0.2) is 24.3 Å². The number of fused-ring (bicyclic) bond motifs is 1. The predicted octanol–water partition coefficient (Wildman–Crippen LogP) is 6.22. The molecule has 15 nitrogen and oxygen atoms in total. The fourth-order valence-electron chi connectivity index (χ4n) is 11.1. The van der Waals surface area contributed by atoms with Crippen molar-refractivity contribution >= 4 is 29.5 Å². The normalized spacial score (nSPS) is 43.4. The van der Waals surface area contributed by atoms with Gasteiger partial charge >= 0.3 is 11.9 Å². The molecule has 4 aliphatic rings. The molecule has 1 aromatic carbocycles. The molecule has 4 saturated heterocycles. The Balaban J connectivity index is 1.64. The quantitative estimate of drug-likeness (QED) is 0.221. The number of esters is 2. The summed E-state index contributed by atoms with van der Waals surface area (Å²) in [5.41, 5.74) is -2.60. The monoisotopic (exact) mass is 938 g/mol. The highest BCUT2D eigenvalue weighted by Crippen LogP contribution is 2.50. The van der Waals surface area contributed by atoms with E-state index in [2.05, 4.69) is 0 Å². The highest BCUT2D eigenvalue weighted by Gasteiger charge is 2.62. The van der Waals surface area contributed by atoms with Gasteiger partial charge in [-0.15, -0.1) is 11.8 Å². The molecule has 65 heavy (non-hydrogen) atoms. The summed E-state index contributed by atoms with van der Waals surface area (Å²) in [7, 11) is 10.3. The van der Waals surface area contributed by atoms with Crippen molar-refractivity contribution in [2.75, 3.05) is 42.5 Å².